The average Bonchev–Trinajstić information content (AvgIpc) is 2.26. The maximum Gasteiger partial charge on any atom is 0.343 e. The Balaban J connectivity index is 3.23. The van der Waals surface area contributed by atoms with Crippen LogP contribution in [0.25, 0.3) is 0 Å². The van der Waals surface area contributed by atoms with Crippen LogP contribution in [-0.4, -0.2) is 24.0 Å². The van der Waals surface area contributed by atoms with Crippen molar-refractivity contribution in [3.05, 3.63) is 34.9 Å². The number of benzene rings is 1. The van der Waals surface area contributed by atoms with E-state index in [1.165, 1.54) is 19.1 Å². The lowest BCUT2D eigenvalue weighted by Gasteiger charge is -2.24. The molecule has 0 fully saturated rings. The number of hydrogen-bond acceptors (Lipinski definition) is 4. The summed E-state index contributed by atoms with van der Waals surface area (Å²) >= 11 is 5.79. The molecule has 0 amide bonds. The Bertz CT molecular complexity index is 444. The molecule has 0 heterocycles. The normalized spacial score (nSPS) is 13.9. The third-order valence-corrected chi connectivity index (χ3v) is 2.57. The number of rotatable bonds is 4. The van der Waals surface area contributed by atoms with Gasteiger partial charge in [0.25, 0.3) is 0 Å². The molecule has 0 unspecified atom stereocenters. The van der Waals surface area contributed by atoms with Crippen molar-refractivity contribution < 1.29 is 19.4 Å². The van der Waals surface area contributed by atoms with Gasteiger partial charge in [-0.3, -0.25) is 4.79 Å². The van der Waals surface area contributed by atoms with Crippen molar-refractivity contribution in [1.29, 1.82) is 0 Å². The van der Waals surface area contributed by atoms with Gasteiger partial charge in [0.1, 0.15) is 5.78 Å². The van der Waals surface area contributed by atoms with Gasteiger partial charge in [-0.15, -0.1) is 0 Å². The molecule has 17 heavy (non-hydrogen) atoms. The predicted octanol–water partition coefficient (Wildman–Crippen LogP) is 1.68. The van der Waals surface area contributed by atoms with Crippen molar-refractivity contribution in [1.82, 2.24) is 0 Å². The Morgan fingerprint density at radius 2 is 2.12 bits per heavy atom. The Labute approximate surface area is 104 Å². The lowest BCUT2D eigenvalue weighted by Crippen LogP contribution is -2.38. The van der Waals surface area contributed by atoms with Crippen LogP contribution in [0.15, 0.2) is 24.3 Å². The zero-order valence-electron chi connectivity index (χ0n) is 9.57. The standard InChI is InChI=1S/C12H13ClO4/c1-8(14)7-12(16,11(15)17-2)9-4-3-5-10(13)6-9/h3-6,16H,7H2,1-2H3/t12-/m1/s1. The van der Waals surface area contributed by atoms with E-state index >= 15 is 0 Å². The van der Waals surface area contributed by atoms with E-state index in [2.05, 4.69) is 4.74 Å². The molecule has 0 radical (unpaired) electrons. The van der Waals surface area contributed by atoms with Crippen LogP contribution in [0.5, 0.6) is 0 Å². The molecular weight excluding hydrogens is 244 g/mol. The second-order valence-corrected chi connectivity index (χ2v) is 4.18. The van der Waals surface area contributed by atoms with Crippen molar-refractivity contribution >= 4 is 23.4 Å². The van der Waals surface area contributed by atoms with Crippen LogP contribution in [0.1, 0.15) is 18.9 Å². The number of carbonyl (C=O) groups excluding carboxylic acids is 2. The van der Waals surface area contributed by atoms with Crippen LogP contribution in [-0.2, 0) is 19.9 Å². The summed E-state index contributed by atoms with van der Waals surface area (Å²) in [6.07, 6.45) is -0.347. The molecule has 0 saturated carbocycles. The molecule has 4 nitrogen and oxygen atoms in total. The topological polar surface area (TPSA) is 63.6 Å². The average molecular weight is 257 g/mol. The van der Waals surface area contributed by atoms with Crippen LogP contribution in [0, 0.1) is 0 Å². The van der Waals surface area contributed by atoms with Gasteiger partial charge in [-0.1, -0.05) is 23.7 Å². The summed E-state index contributed by atoms with van der Waals surface area (Å²) in [4.78, 5) is 22.8. The molecule has 1 atom stereocenters. The Kier molecular flexibility index (Phi) is 4.26. The minimum Gasteiger partial charge on any atom is -0.467 e. The third kappa shape index (κ3) is 3.05. The van der Waals surface area contributed by atoms with Crippen LogP contribution >= 0.6 is 11.6 Å². The maximum absolute atomic E-state index is 11.6. The van der Waals surface area contributed by atoms with E-state index in [-0.39, 0.29) is 17.8 Å². The molecule has 0 aromatic heterocycles. The summed E-state index contributed by atoms with van der Waals surface area (Å²) in [6.45, 7) is 1.29. The largest absolute Gasteiger partial charge is 0.467 e. The van der Waals surface area contributed by atoms with E-state index < -0.39 is 11.6 Å². The Morgan fingerprint density at radius 3 is 2.59 bits per heavy atom. The van der Waals surface area contributed by atoms with E-state index in [1.807, 2.05) is 0 Å². The van der Waals surface area contributed by atoms with E-state index in [4.69, 9.17) is 11.6 Å². The van der Waals surface area contributed by atoms with Gasteiger partial charge < -0.3 is 9.84 Å². The SMILES string of the molecule is COC(=O)[C@@](O)(CC(C)=O)c1cccc(Cl)c1. The van der Waals surface area contributed by atoms with E-state index in [9.17, 15) is 14.7 Å². The summed E-state index contributed by atoms with van der Waals surface area (Å²) in [6, 6.07) is 6.15. The minimum absolute atomic E-state index is 0.243. The number of halogens is 1. The highest BCUT2D eigenvalue weighted by atomic mass is 35.5. The first-order valence-electron chi connectivity index (χ1n) is 4.96. The second-order valence-electron chi connectivity index (χ2n) is 3.74. The Morgan fingerprint density at radius 1 is 1.47 bits per heavy atom. The minimum atomic E-state index is -1.98. The molecule has 1 N–H and O–H groups in total. The maximum atomic E-state index is 11.6. The van der Waals surface area contributed by atoms with Crippen molar-refractivity contribution in [3.63, 3.8) is 0 Å². The van der Waals surface area contributed by atoms with Crippen molar-refractivity contribution in [2.45, 2.75) is 18.9 Å². The zero-order chi connectivity index (χ0) is 13.1. The van der Waals surface area contributed by atoms with Crippen LogP contribution in [0.4, 0.5) is 0 Å². The number of esters is 1. The molecule has 1 aromatic rings. The van der Waals surface area contributed by atoms with E-state index in [0.29, 0.717) is 5.02 Å². The predicted molar refractivity (Wildman–Crippen MR) is 62.7 cm³/mol. The van der Waals surface area contributed by atoms with Gasteiger partial charge in [0.05, 0.1) is 7.11 Å². The fourth-order valence-electron chi connectivity index (χ4n) is 1.57. The number of methoxy groups -OCH3 is 1. The molecule has 0 aliphatic carbocycles. The van der Waals surface area contributed by atoms with E-state index in [0.717, 1.165) is 7.11 Å². The Hall–Kier alpha value is -1.39. The first-order chi connectivity index (χ1) is 7.90. The van der Waals surface area contributed by atoms with E-state index in [1.54, 1.807) is 12.1 Å². The highest BCUT2D eigenvalue weighted by Crippen LogP contribution is 2.28. The van der Waals surface area contributed by atoms with Gasteiger partial charge in [-0.2, -0.15) is 0 Å². The van der Waals surface area contributed by atoms with Gasteiger partial charge in [0.2, 0.25) is 0 Å². The van der Waals surface area contributed by atoms with Crippen molar-refractivity contribution in [2.75, 3.05) is 7.11 Å². The fourth-order valence-corrected chi connectivity index (χ4v) is 1.76. The third-order valence-electron chi connectivity index (χ3n) is 2.33. The lowest BCUT2D eigenvalue weighted by atomic mass is 9.89. The summed E-state index contributed by atoms with van der Waals surface area (Å²) in [7, 11) is 1.15. The molecule has 0 aliphatic heterocycles. The van der Waals surface area contributed by atoms with Crippen LogP contribution in [0.3, 0.4) is 0 Å². The molecule has 1 aromatic carbocycles. The summed E-state index contributed by atoms with van der Waals surface area (Å²) < 4.78 is 4.53. The van der Waals surface area contributed by atoms with Gasteiger partial charge in [0.15, 0.2) is 5.60 Å². The van der Waals surface area contributed by atoms with Gasteiger partial charge in [0, 0.05) is 11.4 Å². The summed E-state index contributed by atoms with van der Waals surface area (Å²) in [5.41, 5.74) is -1.74. The zero-order valence-corrected chi connectivity index (χ0v) is 10.3. The van der Waals surface area contributed by atoms with Gasteiger partial charge in [-0.05, 0) is 24.6 Å². The number of carbonyl (C=O) groups is 2. The van der Waals surface area contributed by atoms with Crippen molar-refractivity contribution in [3.8, 4) is 0 Å². The molecule has 0 saturated heterocycles. The first-order valence-corrected chi connectivity index (χ1v) is 5.34. The van der Waals surface area contributed by atoms with Gasteiger partial charge in [-0.25, -0.2) is 4.79 Å². The molecule has 0 spiro atoms. The summed E-state index contributed by atoms with van der Waals surface area (Å²) in [5, 5.41) is 10.7. The molecule has 92 valence electrons. The fraction of sp³-hybridized carbons (Fsp3) is 0.333. The molecule has 5 heteroatoms. The number of hydrogen-bond donors (Lipinski definition) is 1. The number of Topliss-reactive ketones (excluding diaryl/α,β-unsaturated/α-hetero) is 1. The molecule has 0 bridgehead atoms. The molecular formula is C12H13ClO4. The lowest BCUT2D eigenvalue weighted by molar-refractivity contribution is -0.166. The van der Waals surface area contributed by atoms with Crippen LogP contribution in [0.2, 0.25) is 5.02 Å². The van der Waals surface area contributed by atoms with Crippen molar-refractivity contribution in [2.24, 2.45) is 0 Å². The molecule has 1 rings (SSSR count). The summed E-state index contributed by atoms with van der Waals surface area (Å²) in [5.74, 6) is -1.20. The first kappa shape index (κ1) is 13.7. The smallest absolute Gasteiger partial charge is 0.343 e. The molecule has 0 aliphatic rings. The highest BCUT2D eigenvalue weighted by Gasteiger charge is 2.40. The number of aliphatic hydroxyl groups is 1. The van der Waals surface area contributed by atoms with Crippen LogP contribution < -0.4 is 0 Å². The number of ether oxygens (including phenoxy) is 1. The monoisotopic (exact) mass is 256 g/mol. The highest BCUT2D eigenvalue weighted by molar-refractivity contribution is 6.30. The quantitative estimate of drug-likeness (QED) is 0.833. The van der Waals surface area contributed by atoms with Gasteiger partial charge >= 0.3 is 5.97 Å². The second kappa shape index (κ2) is 5.29. The number of ketones is 1.